The molecular weight excluding hydrogens is 394 g/mol. The Morgan fingerprint density at radius 2 is 1.73 bits per heavy atom. The molecule has 3 rings (SSSR count). The van der Waals surface area contributed by atoms with Gasteiger partial charge in [0.05, 0.1) is 16.2 Å². The van der Waals surface area contributed by atoms with E-state index in [-0.39, 0.29) is 17.5 Å². The number of nitrogens with zero attached hydrogens (tertiary/aromatic N) is 2. The van der Waals surface area contributed by atoms with Crippen LogP contribution in [-0.4, -0.2) is 20.7 Å². The van der Waals surface area contributed by atoms with E-state index in [0.717, 1.165) is 17.7 Å². The molecule has 1 heterocycles. The van der Waals surface area contributed by atoms with Crippen molar-refractivity contribution in [1.29, 1.82) is 0 Å². The molecular formula is C24H29N3O2S. The third kappa shape index (κ3) is 4.59. The molecule has 0 saturated heterocycles. The summed E-state index contributed by atoms with van der Waals surface area (Å²) >= 11 is 1.31. The number of thioether (sulfide) groups is 1. The van der Waals surface area contributed by atoms with Crippen molar-refractivity contribution in [3.8, 4) is 0 Å². The highest BCUT2D eigenvalue weighted by atomic mass is 32.2. The third-order valence-corrected chi connectivity index (χ3v) is 6.37. The van der Waals surface area contributed by atoms with Gasteiger partial charge in [-0.25, -0.2) is 4.98 Å². The van der Waals surface area contributed by atoms with Crippen LogP contribution in [0.4, 0.5) is 5.69 Å². The Hall–Kier alpha value is -2.60. The zero-order chi connectivity index (χ0) is 21.8. The summed E-state index contributed by atoms with van der Waals surface area (Å²) in [5.41, 5.74) is 2.55. The number of hydrogen-bond acceptors (Lipinski definition) is 4. The van der Waals surface area contributed by atoms with Crippen LogP contribution in [0, 0.1) is 0 Å². The van der Waals surface area contributed by atoms with Crippen LogP contribution in [-0.2, 0) is 4.79 Å². The third-order valence-electron chi connectivity index (χ3n) is 5.31. The molecule has 6 heteroatoms. The Balaban J connectivity index is 1.88. The summed E-state index contributed by atoms with van der Waals surface area (Å²) in [5, 5.41) is 3.82. The van der Waals surface area contributed by atoms with Crippen LogP contribution >= 0.6 is 11.8 Å². The molecule has 0 aliphatic heterocycles. The van der Waals surface area contributed by atoms with Crippen LogP contribution in [0.15, 0.2) is 58.5 Å². The predicted molar refractivity (Wildman–Crippen MR) is 125 cm³/mol. The minimum absolute atomic E-state index is 0.0569. The Bertz CT molecular complexity index is 1110. The van der Waals surface area contributed by atoms with Gasteiger partial charge in [0.25, 0.3) is 5.56 Å². The van der Waals surface area contributed by atoms with Crippen molar-refractivity contribution in [2.75, 3.05) is 5.32 Å². The second-order valence-electron chi connectivity index (χ2n) is 7.83. The quantitative estimate of drug-likeness (QED) is 0.396. The first kappa shape index (κ1) is 22.1. The second-order valence-corrected chi connectivity index (χ2v) is 9.13. The van der Waals surface area contributed by atoms with Crippen molar-refractivity contribution < 1.29 is 4.79 Å². The van der Waals surface area contributed by atoms with Gasteiger partial charge in [0.2, 0.25) is 5.91 Å². The standard InChI is InChI=1S/C24H29N3O2S/c1-6-16(4)18-11-7-9-13-20(18)25-22(28)17(5)30-24-26-21-14-10-8-12-19(21)23(29)27(24)15(2)3/h7-17H,6H2,1-5H3,(H,25,28). The zero-order valence-corrected chi connectivity index (χ0v) is 19.0. The SMILES string of the molecule is CCC(C)c1ccccc1NC(=O)C(C)Sc1nc2ccccc2c(=O)n1C(C)C. The molecule has 0 radical (unpaired) electrons. The molecule has 0 spiro atoms. The van der Waals surface area contributed by atoms with Gasteiger partial charge in [-0.3, -0.25) is 14.2 Å². The van der Waals surface area contributed by atoms with Crippen LogP contribution in [0.2, 0.25) is 0 Å². The minimum Gasteiger partial charge on any atom is -0.325 e. The van der Waals surface area contributed by atoms with Gasteiger partial charge in [0, 0.05) is 11.7 Å². The molecule has 2 unspecified atom stereocenters. The number of amides is 1. The van der Waals surface area contributed by atoms with Crippen LogP contribution in [0.1, 0.15) is 58.6 Å². The number of anilines is 1. The summed E-state index contributed by atoms with van der Waals surface area (Å²) in [7, 11) is 0. The maximum absolute atomic E-state index is 13.0. The molecule has 0 aliphatic carbocycles. The maximum atomic E-state index is 13.0. The Kier molecular flexibility index (Phi) is 6.98. The van der Waals surface area contributed by atoms with Gasteiger partial charge >= 0.3 is 0 Å². The molecule has 0 bridgehead atoms. The molecule has 30 heavy (non-hydrogen) atoms. The topological polar surface area (TPSA) is 64.0 Å². The first-order chi connectivity index (χ1) is 14.3. The van der Waals surface area contributed by atoms with E-state index in [1.54, 1.807) is 10.6 Å². The molecule has 1 aromatic heterocycles. The van der Waals surface area contributed by atoms with Gasteiger partial charge in [0.15, 0.2) is 5.16 Å². The lowest BCUT2D eigenvalue weighted by Gasteiger charge is -2.20. The lowest BCUT2D eigenvalue weighted by atomic mass is 9.97. The first-order valence-electron chi connectivity index (χ1n) is 10.4. The average Bonchev–Trinajstić information content (AvgIpc) is 2.73. The number of aromatic nitrogens is 2. The van der Waals surface area contributed by atoms with Gasteiger partial charge in [-0.15, -0.1) is 0 Å². The summed E-state index contributed by atoms with van der Waals surface area (Å²) < 4.78 is 1.67. The van der Waals surface area contributed by atoms with Crippen molar-refractivity contribution in [2.45, 2.75) is 63.4 Å². The average molecular weight is 424 g/mol. The Morgan fingerprint density at radius 3 is 2.43 bits per heavy atom. The summed E-state index contributed by atoms with van der Waals surface area (Å²) in [4.78, 5) is 30.6. The Morgan fingerprint density at radius 1 is 1.07 bits per heavy atom. The number of hydrogen-bond donors (Lipinski definition) is 1. The van der Waals surface area contributed by atoms with Gasteiger partial charge in [-0.05, 0) is 56.9 Å². The number of rotatable bonds is 7. The van der Waals surface area contributed by atoms with E-state index in [2.05, 4.69) is 25.2 Å². The fourth-order valence-corrected chi connectivity index (χ4v) is 4.41. The lowest BCUT2D eigenvalue weighted by molar-refractivity contribution is -0.115. The minimum atomic E-state index is -0.409. The largest absolute Gasteiger partial charge is 0.325 e. The van der Waals surface area contributed by atoms with Gasteiger partial charge < -0.3 is 5.32 Å². The highest BCUT2D eigenvalue weighted by molar-refractivity contribution is 8.00. The number of para-hydroxylation sites is 2. The summed E-state index contributed by atoms with van der Waals surface area (Å²) in [5.74, 6) is 0.256. The molecule has 0 fully saturated rings. The number of fused-ring (bicyclic) bond motifs is 1. The molecule has 0 saturated carbocycles. The number of nitrogens with one attached hydrogen (secondary N) is 1. The van der Waals surface area contributed by atoms with Crippen molar-refractivity contribution in [3.63, 3.8) is 0 Å². The fraction of sp³-hybridized carbons (Fsp3) is 0.375. The van der Waals surface area contributed by atoms with E-state index < -0.39 is 5.25 Å². The molecule has 2 aromatic carbocycles. The number of benzene rings is 2. The van der Waals surface area contributed by atoms with Crippen LogP contribution in [0.3, 0.4) is 0 Å². The molecule has 0 aliphatic rings. The lowest BCUT2D eigenvalue weighted by Crippen LogP contribution is -2.28. The molecule has 1 amide bonds. The van der Waals surface area contributed by atoms with E-state index in [4.69, 9.17) is 4.98 Å². The van der Waals surface area contributed by atoms with Crippen molar-refractivity contribution in [2.24, 2.45) is 0 Å². The van der Waals surface area contributed by atoms with Gasteiger partial charge in [-0.2, -0.15) is 0 Å². The normalized spacial score (nSPS) is 13.4. The maximum Gasteiger partial charge on any atom is 0.262 e. The molecule has 5 nitrogen and oxygen atoms in total. The molecule has 2 atom stereocenters. The predicted octanol–water partition coefficient (Wildman–Crippen LogP) is 5.61. The zero-order valence-electron chi connectivity index (χ0n) is 18.2. The van der Waals surface area contributed by atoms with Crippen molar-refractivity contribution in [3.05, 3.63) is 64.4 Å². The number of carbonyl (C=O) groups excluding carboxylic acids is 1. The van der Waals surface area contributed by atoms with Crippen LogP contribution in [0.5, 0.6) is 0 Å². The van der Waals surface area contributed by atoms with E-state index in [9.17, 15) is 9.59 Å². The Labute approximate surface area is 181 Å². The summed E-state index contributed by atoms with van der Waals surface area (Å²) in [6, 6.07) is 15.2. The van der Waals surface area contributed by atoms with E-state index in [1.807, 2.05) is 57.2 Å². The first-order valence-corrected chi connectivity index (χ1v) is 11.3. The molecule has 1 N–H and O–H groups in total. The van der Waals surface area contributed by atoms with Gasteiger partial charge in [-0.1, -0.05) is 55.9 Å². The summed E-state index contributed by atoms with van der Waals surface area (Å²) in [6.07, 6.45) is 0.999. The number of carbonyl (C=O) groups is 1. The van der Waals surface area contributed by atoms with Crippen LogP contribution < -0.4 is 10.9 Å². The van der Waals surface area contributed by atoms with Crippen LogP contribution in [0.25, 0.3) is 10.9 Å². The monoisotopic (exact) mass is 423 g/mol. The van der Waals surface area contributed by atoms with E-state index >= 15 is 0 Å². The van der Waals surface area contributed by atoms with Crippen molar-refractivity contribution in [1.82, 2.24) is 9.55 Å². The van der Waals surface area contributed by atoms with E-state index in [1.165, 1.54) is 11.8 Å². The highest BCUT2D eigenvalue weighted by Gasteiger charge is 2.21. The molecule has 3 aromatic rings. The smallest absolute Gasteiger partial charge is 0.262 e. The summed E-state index contributed by atoms with van der Waals surface area (Å²) in [6.45, 7) is 10.0. The fourth-order valence-electron chi connectivity index (χ4n) is 3.37. The van der Waals surface area contributed by atoms with Gasteiger partial charge in [0.1, 0.15) is 0 Å². The van der Waals surface area contributed by atoms with E-state index in [0.29, 0.717) is 22.0 Å². The van der Waals surface area contributed by atoms with Crippen molar-refractivity contribution >= 4 is 34.3 Å². The highest BCUT2D eigenvalue weighted by Crippen LogP contribution is 2.29. The second kappa shape index (κ2) is 9.47. The molecule has 158 valence electrons.